The number of carbonyl (C=O) groups is 1. The fraction of sp³-hybridized carbons (Fsp3) is 0.421. The zero-order chi connectivity index (χ0) is 20.7. The number of amides is 2. The molecule has 0 spiro atoms. The van der Waals surface area contributed by atoms with Crippen molar-refractivity contribution >= 4 is 23.2 Å². The molecule has 0 aliphatic rings. The van der Waals surface area contributed by atoms with E-state index in [0.29, 0.717) is 30.8 Å². The highest BCUT2D eigenvalue weighted by atomic mass is 16.5. The lowest BCUT2D eigenvalue weighted by atomic mass is 10.2. The number of rotatable bonds is 8. The molecular weight excluding hydrogens is 362 g/mol. The number of urea groups is 1. The summed E-state index contributed by atoms with van der Waals surface area (Å²) in [5.74, 6) is 0.464. The third-order valence-corrected chi connectivity index (χ3v) is 4.26. The second-order valence-corrected chi connectivity index (χ2v) is 6.28. The lowest BCUT2D eigenvalue weighted by Crippen LogP contribution is -2.43. The van der Waals surface area contributed by atoms with Crippen LogP contribution in [0, 0.1) is 0 Å². The maximum atomic E-state index is 13.0. The maximum absolute atomic E-state index is 13.0. The SMILES string of the molecule is CCCCN(C(=O)Nc1ccccc1OC)c1c(N)n(CCC)c(=O)[nH]c1=O. The molecule has 0 aliphatic carbocycles. The van der Waals surface area contributed by atoms with E-state index in [0.717, 1.165) is 6.42 Å². The molecule has 4 N–H and O–H groups in total. The number of carbonyl (C=O) groups excluding carboxylic acids is 1. The number of benzene rings is 1. The van der Waals surface area contributed by atoms with E-state index in [4.69, 9.17) is 10.5 Å². The molecule has 0 atom stereocenters. The summed E-state index contributed by atoms with van der Waals surface area (Å²) in [7, 11) is 1.50. The molecule has 9 heteroatoms. The van der Waals surface area contributed by atoms with Crippen molar-refractivity contribution in [3.8, 4) is 5.75 Å². The van der Waals surface area contributed by atoms with Gasteiger partial charge < -0.3 is 15.8 Å². The quantitative estimate of drug-likeness (QED) is 0.640. The molecule has 152 valence electrons. The largest absolute Gasteiger partial charge is 0.495 e. The number of aromatic amines is 1. The average Bonchev–Trinajstić information content (AvgIpc) is 2.67. The van der Waals surface area contributed by atoms with Crippen LogP contribution < -0.4 is 31.9 Å². The van der Waals surface area contributed by atoms with Gasteiger partial charge in [0.05, 0.1) is 12.8 Å². The molecule has 0 saturated heterocycles. The number of hydrogen-bond donors (Lipinski definition) is 3. The molecule has 1 aromatic heterocycles. The summed E-state index contributed by atoms with van der Waals surface area (Å²) in [6, 6.07) is 6.43. The van der Waals surface area contributed by atoms with Crippen LogP contribution in [0.1, 0.15) is 33.1 Å². The zero-order valence-electron chi connectivity index (χ0n) is 16.4. The fourth-order valence-corrected chi connectivity index (χ4v) is 2.85. The summed E-state index contributed by atoms with van der Waals surface area (Å²) >= 11 is 0. The van der Waals surface area contributed by atoms with Crippen LogP contribution in [-0.4, -0.2) is 29.2 Å². The van der Waals surface area contributed by atoms with Gasteiger partial charge in [-0.15, -0.1) is 0 Å². The van der Waals surface area contributed by atoms with Gasteiger partial charge in [-0.25, -0.2) is 9.59 Å². The van der Waals surface area contributed by atoms with E-state index in [1.54, 1.807) is 24.3 Å². The van der Waals surface area contributed by atoms with Gasteiger partial charge in [-0.1, -0.05) is 32.4 Å². The minimum absolute atomic E-state index is 0.0260. The van der Waals surface area contributed by atoms with Crippen LogP contribution in [0.25, 0.3) is 0 Å². The summed E-state index contributed by atoms with van der Waals surface area (Å²) in [5.41, 5.74) is 5.28. The first-order valence-electron chi connectivity index (χ1n) is 9.28. The first kappa shape index (κ1) is 21.1. The normalized spacial score (nSPS) is 10.5. The number of ether oxygens (including phenoxy) is 1. The predicted molar refractivity (Wildman–Crippen MR) is 110 cm³/mol. The molecule has 2 amide bonds. The summed E-state index contributed by atoms with van der Waals surface area (Å²) in [4.78, 5) is 41.1. The molecular formula is C19H27N5O4. The van der Waals surface area contributed by atoms with E-state index in [1.807, 2.05) is 13.8 Å². The number of aromatic nitrogens is 2. The Morgan fingerprint density at radius 3 is 2.61 bits per heavy atom. The van der Waals surface area contributed by atoms with Crippen LogP contribution in [-0.2, 0) is 6.54 Å². The van der Waals surface area contributed by atoms with E-state index in [1.165, 1.54) is 16.6 Å². The zero-order valence-corrected chi connectivity index (χ0v) is 16.4. The van der Waals surface area contributed by atoms with Crippen LogP contribution in [0.15, 0.2) is 33.9 Å². The van der Waals surface area contributed by atoms with E-state index in [2.05, 4.69) is 10.3 Å². The molecule has 1 heterocycles. The number of nitrogens with two attached hydrogens (primary N) is 1. The van der Waals surface area contributed by atoms with Gasteiger partial charge in [-0.05, 0) is 25.0 Å². The van der Waals surface area contributed by atoms with Crippen molar-refractivity contribution < 1.29 is 9.53 Å². The van der Waals surface area contributed by atoms with Crippen molar-refractivity contribution in [1.82, 2.24) is 9.55 Å². The number of unbranched alkanes of at least 4 members (excludes halogenated alkanes) is 1. The lowest BCUT2D eigenvalue weighted by Gasteiger charge is -2.25. The molecule has 9 nitrogen and oxygen atoms in total. The molecule has 0 fully saturated rings. The number of nitrogens with one attached hydrogen (secondary N) is 2. The Hall–Kier alpha value is -3.23. The van der Waals surface area contributed by atoms with Crippen molar-refractivity contribution in [3.63, 3.8) is 0 Å². The van der Waals surface area contributed by atoms with Gasteiger partial charge in [0, 0.05) is 13.1 Å². The van der Waals surface area contributed by atoms with E-state index >= 15 is 0 Å². The minimum Gasteiger partial charge on any atom is -0.495 e. The van der Waals surface area contributed by atoms with Gasteiger partial charge >= 0.3 is 11.7 Å². The first-order valence-corrected chi connectivity index (χ1v) is 9.28. The molecule has 0 aliphatic heterocycles. The third kappa shape index (κ3) is 4.54. The standard InChI is InChI=1S/C19H27N5O4/c1-4-6-12-23(18(26)21-13-9-7-8-10-14(13)28-3)15-16(20)24(11-5-2)19(27)22-17(15)25/h7-10H,4-6,11-12,20H2,1-3H3,(H,21,26)(H,22,25,27). The molecule has 28 heavy (non-hydrogen) atoms. The van der Waals surface area contributed by atoms with Gasteiger partial charge in [0.1, 0.15) is 11.6 Å². The average molecular weight is 389 g/mol. The van der Waals surface area contributed by atoms with E-state index in [-0.39, 0.29) is 18.1 Å². The molecule has 2 rings (SSSR count). The van der Waals surface area contributed by atoms with Crippen molar-refractivity contribution in [2.75, 3.05) is 29.6 Å². The Balaban J connectivity index is 2.49. The van der Waals surface area contributed by atoms with Crippen LogP contribution in [0.5, 0.6) is 5.75 Å². The first-order chi connectivity index (χ1) is 13.4. The number of methoxy groups -OCH3 is 1. The highest BCUT2D eigenvalue weighted by molar-refractivity contribution is 6.03. The molecule has 0 unspecified atom stereocenters. The minimum atomic E-state index is -0.693. The van der Waals surface area contributed by atoms with E-state index in [9.17, 15) is 14.4 Å². The predicted octanol–water partition coefficient (Wildman–Crippen LogP) is 2.38. The summed E-state index contributed by atoms with van der Waals surface area (Å²) < 4.78 is 6.53. The molecule has 1 aromatic carbocycles. The van der Waals surface area contributed by atoms with E-state index < -0.39 is 17.3 Å². The molecule has 0 radical (unpaired) electrons. The van der Waals surface area contributed by atoms with Gasteiger partial charge in [0.15, 0.2) is 5.69 Å². The second-order valence-electron chi connectivity index (χ2n) is 6.28. The van der Waals surface area contributed by atoms with Gasteiger partial charge in [-0.2, -0.15) is 0 Å². The van der Waals surface area contributed by atoms with Gasteiger partial charge in [0.25, 0.3) is 5.56 Å². The van der Waals surface area contributed by atoms with Crippen LogP contribution in [0.4, 0.5) is 22.0 Å². The number of hydrogen-bond acceptors (Lipinski definition) is 5. The van der Waals surface area contributed by atoms with Crippen molar-refractivity contribution in [3.05, 3.63) is 45.1 Å². The summed E-state index contributed by atoms with van der Waals surface area (Å²) in [6.07, 6.45) is 2.12. The number of anilines is 3. The Morgan fingerprint density at radius 2 is 1.96 bits per heavy atom. The summed E-state index contributed by atoms with van der Waals surface area (Å²) in [5, 5.41) is 2.76. The Labute approximate surface area is 163 Å². The number of para-hydroxylation sites is 2. The number of H-pyrrole nitrogens is 1. The smallest absolute Gasteiger partial charge is 0.330 e. The van der Waals surface area contributed by atoms with Crippen molar-refractivity contribution in [1.29, 1.82) is 0 Å². The Bertz CT molecular complexity index is 935. The van der Waals surface area contributed by atoms with Crippen LogP contribution in [0.2, 0.25) is 0 Å². The topological polar surface area (TPSA) is 122 Å². The lowest BCUT2D eigenvalue weighted by molar-refractivity contribution is 0.256. The second kappa shape index (κ2) is 9.63. The van der Waals surface area contributed by atoms with Crippen molar-refractivity contribution in [2.45, 2.75) is 39.7 Å². The molecule has 2 aromatic rings. The third-order valence-electron chi connectivity index (χ3n) is 4.26. The number of nitrogens with zero attached hydrogens (tertiary/aromatic N) is 2. The van der Waals surface area contributed by atoms with Crippen LogP contribution in [0.3, 0.4) is 0 Å². The maximum Gasteiger partial charge on any atom is 0.330 e. The van der Waals surface area contributed by atoms with Crippen molar-refractivity contribution in [2.24, 2.45) is 0 Å². The molecule has 0 saturated carbocycles. The number of nitrogen functional groups attached to an aromatic ring is 1. The highest BCUT2D eigenvalue weighted by Gasteiger charge is 2.24. The summed E-state index contributed by atoms with van der Waals surface area (Å²) in [6.45, 7) is 4.47. The monoisotopic (exact) mass is 389 g/mol. The van der Waals surface area contributed by atoms with Gasteiger partial charge in [-0.3, -0.25) is 19.2 Å². The Morgan fingerprint density at radius 1 is 1.25 bits per heavy atom. The van der Waals surface area contributed by atoms with Crippen LogP contribution >= 0.6 is 0 Å². The molecule has 0 bridgehead atoms. The highest BCUT2D eigenvalue weighted by Crippen LogP contribution is 2.25. The van der Waals surface area contributed by atoms with Gasteiger partial charge in [0.2, 0.25) is 0 Å². The Kier molecular flexibility index (Phi) is 7.25. The fourth-order valence-electron chi connectivity index (χ4n) is 2.85.